The molecule has 3 heteroatoms. The predicted molar refractivity (Wildman–Crippen MR) is 43.6 cm³/mol. The summed E-state index contributed by atoms with van der Waals surface area (Å²) in [5.74, 6) is 0. The standard InChI is InChI=1S/C6H12ClN.ClH/c1-8-4-2-6(7)3-5-8;/h6H,2-5H2,1H3;1H/i4D2,5D2;. The van der Waals surface area contributed by atoms with E-state index in [1.165, 1.54) is 7.05 Å². The van der Waals surface area contributed by atoms with Crippen LogP contribution < -0.4 is 0 Å². The highest BCUT2D eigenvalue weighted by Crippen LogP contribution is 2.13. The van der Waals surface area contributed by atoms with Crippen LogP contribution in [0, 0.1) is 0 Å². The van der Waals surface area contributed by atoms with Crippen molar-refractivity contribution in [1.29, 1.82) is 0 Å². The largest absolute Gasteiger partial charge is 0.306 e. The van der Waals surface area contributed by atoms with Gasteiger partial charge in [-0.1, -0.05) is 0 Å². The summed E-state index contributed by atoms with van der Waals surface area (Å²) in [5, 5.41) is -0.411. The molecular weight excluding hydrogens is 157 g/mol. The highest BCUT2D eigenvalue weighted by molar-refractivity contribution is 6.20. The zero-order valence-electron chi connectivity index (χ0n) is 9.22. The molecule has 0 aromatic heterocycles. The van der Waals surface area contributed by atoms with Crippen molar-refractivity contribution in [2.75, 3.05) is 20.0 Å². The molecule has 0 aromatic rings. The summed E-state index contributed by atoms with van der Waals surface area (Å²) >= 11 is 5.74. The topological polar surface area (TPSA) is 3.24 Å². The monoisotopic (exact) mass is 173 g/mol. The maximum absolute atomic E-state index is 7.49. The summed E-state index contributed by atoms with van der Waals surface area (Å²) in [5.41, 5.74) is 0. The van der Waals surface area contributed by atoms with Crippen molar-refractivity contribution < 1.29 is 5.48 Å². The first kappa shape index (κ1) is 4.42. The third-order valence-electron chi connectivity index (χ3n) is 1.10. The fourth-order valence-corrected chi connectivity index (χ4v) is 0.738. The number of nitrogens with zero attached hydrogens (tertiary/aromatic N) is 1. The second-order valence-corrected chi connectivity index (χ2v) is 2.50. The van der Waals surface area contributed by atoms with Gasteiger partial charge < -0.3 is 4.90 Å². The maximum Gasteiger partial charge on any atom is 0.0431 e. The molecule has 0 N–H and O–H groups in total. The molecule has 0 unspecified atom stereocenters. The molecule has 1 rings (SSSR count). The quantitative estimate of drug-likeness (QED) is 0.505. The van der Waals surface area contributed by atoms with Gasteiger partial charge in [-0.3, -0.25) is 0 Å². The first-order valence-corrected chi connectivity index (χ1v) is 3.07. The lowest BCUT2D eigenvalue weighted by molar-refractivity contribution is 0.280. The molecule has 0 spiro atoms. The number of likely N-dealkylation sites (tertiary alicyclic amines) is 1. The third kappa shape index (κ3) is 3.29. The molecule has 1 nitrogen and oxygen atoms in total. The molecule has 0 aromatic carbocycles. The Kier molecular flexibility index (Phi) is 2.15. The van der Waals surface area contributed by atoms with Gasteiger partial charge in [0, 0.05) is 10.9 Å². The summed E-state index contributed by atoms with van der Waals surface area (Å²) in [6.07, 6.45) is 0.370. The van der Waals surface area contributed by atoms with E-state index >= 15 is 0 Å². The molecule has 1 heterocycles. The number of halogens is 2. The molecule has 0 aliphatic carbocycles. The average Bonchev–Trinajstić information content (AvgIpc) is 1.80. The van der Waals surface area contributed by atoms with Crippen LogP contribution in [0.1, 0.15) is 18.3 Å². The lowest BCUT2D eigenvalue weighted by Gasteiger charge is -2.24. The van der Waals surface area contributed by atoms with E-state index in [2.05, 4.69) is 0 Å². The first-order chi connectivity index (χ1) is 5.26. The van der Waals surface area contributed by atoms with Gasteiger partial charge in [-0.2, -0.15) is 0 Å². The lowest BCUT2D eigenvalue weighted by Crippen LogP contribution is -2.30. The molecule has 0 radical (unpaired) electrons. The molecule has 1 fully saturated rings. The van der Waals surface area contributed by atoms with Gasteiger partial charge in [0.05, 0.1) is 0 Å². The molecule has 9 heavy (non-hydrogen) atoms. The average molecular weight is 174 g/mol. The van der Waals surface area contributed by atoms with Crippen LogP contribution in [0.15, 0.2) is 0 Å². The van der Waals surface area contributed by atoms with Gasteiger partial charge in [-0.05, 0) is 32.9 Å². The smallest absolute Gasteiger partial charge is 0.0431 e. The Hall–Kier alpha value is 0.540. The van der Waals surface area contributed by atoms with Crippen molar-refractivity contribution in [2.45, 2.75) is 18.2 Å². The SMILES string of the molecule is Cl.[2H]C1([2H])CC(Cl)CC([2H])([2H])N1C. The van der Waals surface area contributed by atoms with Crippen LogP contribution in [-0.2, 0) is 0 Å². The van der Waals surface area contributed by atoms with E-state index in [9.17, 15) is 0 Å². The fraction of sp³-hybridized carbons (Fsp3) is 1.00. The van der Waals surface area contributed by atoms with Crippen molar-refractivity contribution in [2.24, 2.45) is 0 Å². The van der Waals surface area contributed by atoms with Gasteiger partial charge in [0.1, 0.15) is 0 Å². The van der Waals surface area contributed by atoms with Gasteiger partial charge >= 0.3 is 0 Å². The van der Waals surface area contributed by atoms with E-state index in [-0.39, 0.29) is 25.2 Å². The van der Waals surface area contributed by atoms with Crippen LogP contribution in [0.5, 0.6) is 0 Å². The lowest BCUT2D eigenvalue weighted by atomic mass is 10.1. The van der Waals surface area contributed by atoms with Crippen molar-refractivity contribution >= 4 is 24.0 Å². The van der Waals surface area contributed by atoms with Crippen molar-refractivity contribution in [3.05, 3.63) is 0 Å². The number of rotatable bonds is 0. The summed E-state index contributed by atoms with van der Waals surface area (Å²) < 4.78 is 29.9. The van der Waals surface area contributed by atoms with Gasteiger partial charge in [-0.25, -0.2) is 0 Å². The normalized spacial score (nSPS) is 41.1. The Morgan fingerprint density at radius 2 is 2.00 bits per heavy atom. The Bertz CT molecular complexity index is 169. The van der Waals surface area contributed by atoms with Gasteiger partial charge in [0.25, 0.3) is 0 Å². The summed E-state index contributed by atoms with van der Waals surface area (Å²) in [6, 6.07) is 0. The van der Waals surface area contributed by atoms with Crippen LogP contribution in [0.4, 0.5) is 0 Å². The second-order valence-electron chi connectivity index (χ2n) is 1.88. The maximum atomic E-state index is 7.49. The van der Waals surface area contributed by atoms with E-state index < -0.39 is 18.4 Å². The van der Waals surface area contributed by atoms with Gasteiger partial charge in [0.2, 0.25) is 0 Å². The first-order valence-electron chi connectivity index (χ1n) is 4.64. The van der Waals surface area contributed by atoms with Crippen molar-refractivity contribution in [3.63, 3.8) is 0 Å². The zero-order chi connectivity index (χ0) is 9.57. The molecule has 0 atom stereocenters. The van der Waals surface area contributed by atoms with Crippen molar-refractivity contribution in [3.8, 4) is 0 Å². The minimum absolute atomic E-state index is 0. The van der Waals surface area contributed by atoms with Gasteiger partial charge in [0.15, 0.2) is 0 Å². The van der Waals surface area contributed by atoms with Crippen molar-refractivity contribution in [1.82, 2.24) is 4.90 Å². The van der Waals surface area contributed by atoms with Crippen LogP contribution in [0.3, 0.4) is 0 Å². The number of hydrogen-bond acceptors (Lipinski definition) is 1. The predicted octanol–water partition coefficient (Wildman–Crippen LogP) is 1.74. The van der Waals surface area contributed by atoms with E-state index in [4.69, 9.17) is 17.1 Å². The summed E-state index contributed by atoms with van der Waals surface area (Å²) in [4.78, 5) is 1.11. The number of alkyl halides is 1. The Labute approximate surface area is 73.4 Å². The Morgan fingerprint density at radius 1 is 1.56 bits per heavy atom. The van der Waals surface area contributed by atoms with E-state index in [1.54, 1.807) is 0 Å². The minimum Gasteiger partial charge on any atom is -0.306 e. The Morgan fingerprint density at radius 3 is 2.44 bits per heavy atom. The molecule has 1 saturated heterocycles. The third-order valence-corrected chi connectivity index (χ3v) is 1.41. The van der Waals surface area contributed by atoms with Crippen LogP contribution >= 0.6 is 24.0 Å². The molecule has 0 bridgehead atoms. The van der Waals surface area contributed by atoms with E-state index in [1.807, 2.05) is 0 Å². The van der Waals surface area contributed by atoms with Crippen LogP contribution in [-0.4, -0.2) is 30.3 Å². The molecular formula is C6H13Cl2N. The van der Waals surface area contributed by atoms with Crippen LogP contribution in [0.2, 0.25) is 0 Å². The van der Waals surface area contributed by atoms with E-state index in [0.29, 0.717) is 0 Å². The molecule has 0 amide bonds. The van der Waals surface area contributed by atoms with Gasteiger partial charge in [-0.15, -0.1) is 24.0 Å². The number of hydrogen-bond donors (Lipinski definition) is 0. The fourth-order valence-electron chi connectivity index (χ4n) is 0.600. The minimum atomic E-state index is -1.63. The highest BCUT2D eigenvalue weighted by atomic mass is 35.5. The second kappa shape index (κ2) is 4.37. The summed E-state index contributed by atoms with van der Waals surface area (Å²) in [7, 11) is 1.45. The highest BCUT2D eigenvalue weighted by Gasteiger charge is 2.12. The summed E-state index contributed by atoms with van der Waals surface area (Å²) in [6.45, 7) is -3.26. The van der Waals surface area contributed by atoms with Crippen LogP contribution in [0.25, 0.3) is 0 Å². The van der Waals surface area contributed by atoms with E-state index in [0.717, 1.165) is 4.90 Å². The zero-order valence-corrected chi connectivity index (χ0v) is 6.80. The molecule has 1 aliphatic rings. The molecule has 1 aliphatic heterocycles. The molecule has 56 valence electrons. The Balaban J connectivity index is 0.00000144. The number of piperidine rings is 1. The molecule has 0 saturated carbocycles.